The van der Waals surface area contributed by atoms with Crippen molar-refractivity contribution < 1.29 is 9.53 Å². The number of aryl methyl sites for hydroxylation is 1. The van der Waals surface area contributed by atoms with Gasteiger partial charge >= 0.3 is 0 Å². The van der Waals surface area contributed by atoms with Gasteiger partial charge in [-0.3, -0.25) is 4.79 Å². The fourth-order valence-electron chi connectivity index (χ4n) is 1.51. The molecule has 0 radical (unpaired) electrons. The number of Topliss-reactive ketones (excluding diaryl/α,β-unsaturated/α-hetero) is 1. The van der Waals surface area contributed by atoms with Gasteiger partial charge in [-0.2, -0.15) is 0 Å². The first-order valence-corrected chi connectivity index (χ1v) is 5.36. The van der Waals surface area contributed by atoms with Crippen LogP contribution in [-0.2, 0) is 4.74 Å². The average Bonchev–Trinajstić information content (AvgIpc) is 2.73. The summed E-state index contributed by atoms with van der Waals surface area (Å²) in [6, 6.07) is -0.176. The summed E-state index contributed by atoms with van der Waals surface area (Å²) in [7, 11) is 0. The van der Waals surface area contributed by atoms with Gasteiger partial charge in [0, 0.05) is 11.4 Å². The van der Waals surface area contributed by atoms with Gasteiger partial charge in [-0.05, 0) is 6.92 Å². The lowest BCUT2D eigenvalue weighted by atomic mass is 9.98. The summed E-state index contributed by atoms with van der Waals surface area (Å²) in [4.78, 5) is 16.0. The highest BCUT2D eigenvalue weighted by Gasteiger charge is 2.32. The van der Waals surface area contributed by atoms with Gasteiger partial charge in [-0.1, -0.05) is 0 Å². The molecular weight excluding hydrogens is 200 g/mol. The van der Waals surface area contributed by atoms with Crippen LogP contribution in [0, 0.1) is 12.8 Å². The summed E-state index contributed by atoms with van der Waals surface area (Å²) >= 11 is 1.48. The molecule has 2 rings (SSSR count). The molecule has 5 heteroatoms. The van der Waals surface area contributed by atoms with Gasteiger partial charge in [0.25, 0.3) is 0 Å². The Labute approximate surface area is 86.1 Å². The molecule has 2 unspecified atom stereocenters. The molecule has 14 heavy (non-hydrogen) atoms. The van der Waals surface area contributed by atoms with Crippen LogP contribution in [0.2, 0.25) is 0 Å². The third-order valence-corrected chi connectivity index (χ3v) is 3.11. The number of nitrogens with two attached hydrogens (primary N) is 1. The number of rotatable bonds is 2. The van der Waals surface area contributed by atoms with E-state index < -0.39 is 0 Å². The number of carbonyl (C=O) groups excluding carboxylic acids is 1. The SMILES string of the molecule is Cc1nc(C(=O)C2COCC2N)cs1. The maximum absolute atomic E-state index is 11.9. The van der Waals surface area contributed by atoms with Crippen molar-refractivity contribution in [2.75, 3.05) is 13.2 Å². The van der Waals surface area contributed by atoms with Crippen molar-refractivity contribution in [1.29, 1.82) is 0 Å². The van der Waals surface area contributed by atoms with Crippen LogP contribution in [-0.4, -0.2) is 30.0 Å². The molecule has 0 amide bonds. The first-order valence-electron chi connectivity index (χ1n) is 4.48. The predicted molar refractivity (Wildman–Crippen MR) is 53.5 cm³/mol. The van der Waals surface area contributed by atoms with Crippen molar-refractivity contribution in [3.05, 3.63) is 16.1 Å². The Hall–Kier alpha value is -0.780. The highest BCUT2D eigenvalue weighted by atomic mass is 32.1. The Kier molecular flexibility index (Phi) is 2.62. The number of ketones is 1. The van der Waals surface area contributed by atoms with Gasteiger partial charge < -0.3 is 10.5 Å². The summed E-state index contributed by atoms with van der Waals surface area (Å²) in [6.07, 6.45) is 0. The first kappa shape index (κ1) is 9.76. The van der Waals surface area contributed by atoms with Crippen LogP contribution in [0.3, 0.4) is 0 Å². The minimum Gasteiger partial charge on any atom is -0.379 e. The Morgan fingerprint density at radius 3 is 3.00 bits per heavy atom. The Balaban J connectivity index is 2.15. The molecule has 2 atom stereocenters. The topological polar surface area (TPSA) is 65.2 Å². The number of carbonyl (C=O) groups is 1. The van der Waals surface area contributed by atoms with Crippen LogP contribution in [0.5, 0.6) is 0 Å². The molecule has 2 heterocycles. The zero-order chi connectivity index (χ0) is 10.1. The fourth-order valence-corrected chi connectivity index (χ4v) is 2.11. The van der Waals surface area contributed by atoms with E-state index in [0.717, 1.165) is 5.01 Å². The van der Waals surface area contributed by atoms with Crippen LogP contribution >= 0.6 is 11.3 Å². The van der Waals surface area contributed by atoms with E-state index in [-0.39, 0.29) is 17.7 Å². The van der Waals surface area contributed by atoms with E-state index in [1.807, 2.05) is 6.92 Å². The number of nitrogens with zero attached hydrogens (tertiary/aromatic N) is 1. The predicted octanol–water partition coefficient (Wildman–Crippen LogP) is 0.608. The normalized spacial score (nSPS) is 26.7. The van der Waals surface area contributed by atoms with Crippen molar-refractivity contribution in [2.45, 2.75) is 13.0 Å². The van der Waals surface area contributed by atoms with E-state index in [0.29, 0.717) is 18.9 Å². The Morgan fingerprint density at radius 2 is 2.50 bits per heavy atom. The van der Waals surface area contributed by atoms with Gasteiger partial charge in [-0.15, -0.1) is 11.3 Å². The summed E-state index contributed by atoms with van der Waals surface area (Å²) in [5, 5.41) is 2.68. The summed E-state index contributed by atoms with van der Waals surface area (Å²) in [6.45, 7) is 2.78. The van der Waals surface area contributed by atoms with Crippen LogP contribution in [0.25, 0.3) is 0 Å². The van der Waals surface area contributed by atoms with Crippen molar-refractivity contribution in [1.82, 2.24) is 4.98 Å². The number of thiazole rings is 1. The largest absolute Gasteiger partial charge is 0.379 e. The molecule has 1 aromatic heterocycles. The van der Waals surface area contributed by atoms with E-state index in [1.54, 1.807) is 5.38 Å². The van der Waals surface area contributed by atoms with Crippen molar-refractivity contribution in [3.63, 3.8) is 0 Å². The highest BCUT2D eigenvalue weighted by molar-refractivity contribution is 7.09. The van der Waals surface area contributed by atoms with Gasteiger partial charge in [0.05, 0.1) is 24.1 Å². The van der Waals surface area contributed by atoms with Crippen LogP contribution in [0.1, 0.15) is 15.5 Å². The van der Waals surface area contributed by atoms with Crippen molar-refractivity contribution in [2.24, 2.45) is 11.7 Å². The van der Waals surface area contributed by atoms with Crippen molar-refractivity contribution >= 4 is 17.1 Å². The van der Waals surface area contributed by atoms with Crippen LogP contribution in [0.4, 0.5) is 0 Å². The Morgan fingerprint density at radius 1 is 1.71 bits per heavy atom. The van der Waals surface area contributed by atoms with Crippen LogP contribution < -0.4 is 5.73 Å². The zero-order valence-electron chi connectivity index (χ0n) is 7.90. The lowest BCUT2D eigenvalue weighted by Crippen LogP contribution is -2.34. The average molecular weight is 212 g/mol. The van der Waals surface area contributed by atoms with Gasteiger partial charge in [0.2, 0.25) is 0 Å². The molecule has 0 aliphatic carbocycles. The Bertz CT molecular complexity index is 350. The smallest absolute Gasteiger partial charge is 0.189 e. The molecule has 1 saturated heterocycles. The number of ether oxygens (including phenoxy) is 1. The molecule has 1 aliphatic rings. The second kappa shape index (κ2) is 3.76. The van der Waals surface area contributed by atoms with E-state index in [1.165, 1.54) is 11.3 Å². The molecule has 0 bridgehead atoms. The summed E-state index contributed by atoms with van der Waals surface area (Å²) in [5.74, 6) is -0.198. The minimum atomic E-state index is -0.212. The van der Waals surface area contributed by atoms with E-state index >= 15 is 0 Å². The molecule has 0 spiro atoms. The van der Waals surface area contributed by atoms with Gasteiger partial charge in [-0.25, -0.2) is 4.98 Å². The monoisotopic (exact) mass is 212 g/mol. The second-order valence-electron chi connectivity index (χ2n) is 3.42. The molecule has 0 aromatic carbocycles. The van der Waals surface area contributed by atoms with Crippen LogP contribution in [0.15, 0.2) is 5.38 Å². The molecule has 76 valence electrons. The lowest BCUT2D eigenvalue weighted by Gasteiger charge is -2.09. The third kappa shape index (κ3) is 1.70. The van der Waals surface area contributed by atoms with E-state index in [4.69, 9.17) is 10.5 Å². The molecule has 0 saturated carbocycles. The standard InChI is InChI=1S/C9H12N2O2S/c1-5-11-8(4-14-5)9(12)6-2-13-3-7(6)10/h4,6-7H,2-3,10H2,1H3. The zero-order valence-corrected chi connectivity index (χ0v) is 8.71. The van der Waals surface area contributed by atoms with Crippen molar-refractivity contribution in [3.8, 4) is 0 Å². The minimum absolute atomic E-state index is 0.0133. The second-order valence-corrected chi connectivity index (χ2v) is 4.49. The van der Waals surface area contributed by atoms with E-state index in [9.17, 15) is 4.79 Å². The van der Waals surface area contributed by atoms with E-state index in [2.05, 4.69) is 4.98 Å². The molecule has 1 fully saturated rings. The third-order valence-electron chi connectivity index (χ3n) is 2.33. The first-order chi connectivity index (χ1) is 6.68. The number of hydrogen-bond donors (Lipinski definition) is 1. The maximum atomic E-state index is 11.9. The molecular formula is C9H12N2O2S. The molecule has 2 N–H and O–H groups in total. The summed E-state index contributed by atoms with van der Waals surface area (Å²) < 4.78 is 5.15. The molecule has 4 nitrogen and oxygen atoms in total. The van der Waals surface area contributed by atoms with Gasteiger partial charge in [0.1, 0.15) is 5.69 Å². The molecule has 1 aromatic rings. The molecule has 1 aliphatic heterocycles. The highest BCUT2D eigenvalue weighted by Crippen LogP contribution is 2.19. The number of aromatic nitrogens is 1. The van der Waals surface area contributed by atoms with Gasteiger partial charge in [0.15, 0.2) is 5.78 Å². The maximum Gasteiger partial charge on any atom is 0.189 e. The lowest BCUT2D eigenvalue weighted by molar-refractivity contribution is 0.0891. The summed E-state index contributed by atoms with van der Waals surface area (Å²) in [5.41, 5.74) is 6.28. The fraction of sp³-hybridized carbons (Fsp3) is 0.556. The quantitative estimate of drug-likeness (QED) is 0.729. The number of hydrogen-bond acceptors (Lipinski definition) is 5.